The Hall–Kier alpha value is -0.0800. The molecule has 3 N–H and O–H groups in total. The van der Waals surface area contributed by atoms with E-state index in [9.17, 15) is 0 Å². The Morgan fingerprint density at radius 3 is 2.39 bits per heavy atom. The first-order chi connectivity index (χ1) is 8.77. The molecule has 1 rings (SSSR count). The van der Waals surface area contributed by atoms with Crippen molar-refractivity contribution in [2.24, 2.45) is 17.6 Å². The highest BCUT2D eigenvalue weighted by Gasteiger charge is 2.20. The second-order valence-electron chi connectivity index (χ2n) is 6.22. The molecule has 0 aromatic rings. The molecule has 0 aromatic carbocycles. The van der Waals surface area contributed by atoms with Crippen molar-refractivity contribution in [3.8, 4) is 0 Å². The molecule has 1 aliphatic carbocycles. The van der Waals surface area contributed by atoms with E-state index in [2.05, 4.69) is 19.3 Å². The largest absolute Gasteiger partial charge is 0.330 e. The quantitative estimate of drug-likeness (QED) is 0.616. The summed E-state index contributed by atoms with van der Waals surface area (Å²) in [5.74, 6) is 1.94. The normalized spacial score (nSPS) is 20.8. The Kier molecular flexibility index (Phi) is 8.70. The number of nitrogens with one attached hydrogen (secondary N) is 1. The number of hydrogen-bond donors (Lipinski definition) is 2. The molecule has 0 spiro atoms. The van der Waals surface area contributed by atoms with E-state index in [1.807, 2.05) is 0 Å². The molecule has 18 heavy (non-hydrogen) atoms. The summed E-state index contributed by atoms with van der Waals surface area (Å²) >= 11 is 0. The molecule has 1 saturated carbocycles. The fourth-order valence-corrected chi connectivity index (χ4v) is 3.37. The monoisotopic (exact) mass is 254 g/mol. The van der Waals surface area contributed by atoms with Crippen molar-refractivity contribution in [1.82, 2.24) is 5.32 Å². The molecule has 2 nitrogen and oxygen atoms in total. The average Bonchev–Trinajstić information content (AvgIpc) is 2.43. The van der Waals surface area contributed by atoms with Crippen LogP contribution in [-0.4, -0.2) is 19.6 Å². The third-order valence-electron chi connectivity index (χ3n) is 4.84. The predicted molar refractivity (Wildman–Crippen MR) is 80.7 cm³/mol. The van der Waals surface area contributed by atoms with Gasteiger partial charge in [0.25, 0.3) is 0 Å². The molecule has 1 aliphatic rings. The van der Waals surface area contributed by atoms with E-state index in [1.165, 1.54) is 64.2 Å². The minimum Gasteiger partial charge on any atom is -0.330 e. The Morgan fingerprint density at radius 1 is 1.06 bits per heavy atom. The minimum absolute atomic E-state index is 0.711. The van der Waals surface area contributed by atoms with E-state index in [4.69, 9.17) is 5.73 Å². The fourth-order valence-electron chi connectivity index (χ4n) is 3.37. The van der Waals surface area contributed by atoms with Crippen molar-refractivity contribution < 1.29 is 0 Å². The lowest BCUT2D eigenvalue weighted by Crippen LogP contribution is -2.27. The van der Waals surface area contributed by atoms with Crippen molar-refractivity contribution in [3.63, 3.8) is 0 Å². The number of nitrogens with two attached hydrogens (primary N) is 1. The molecule has 1 fully saturated rings. The van der Waals surface area contributed by atoms with Gasteiger partial charge in [-0.15, -0.1) is 0 Å². The molecule has 0 radical (unpaired) electrons. The van der Waals surface area contributed by atoms with Crippen LogP contribution in [0.25, 0.3) is 0 Å². The maximum Gasteiger partial charge on any atom is 0.00641 e. The summed E-state index contributed by atoms with van der Waals surface area (Å²) in [7, 11) is 2.11. The lowest BCUT2D eigenvalue weighted by molar-refractivity contribution is 0.241. The van der Waals surface area contributed by atoms with Crippen molar-refractivity contribution in [2.45, 2.75) is 77.2 Å². The summed E-state index contributed by atoms with van der Waals surface area (Å²) in [6, 6.07) is 0.711. The molecule has 0 bridgehead atoms. The Bertz CT molecular complexity index is 188. The first-order valence-corrected chi connectivity index (χ1v) is 8.15. The van der Waals surface area contributed by atoms with Crippen molar-refractivity contribution in [3.05, 3.63) is 0 Å². The zero-order valence-corrected chi connectivity index (χ0v) is 12.6. The van der Waals surface area contributed by atoms with Crippen LogP contribution in [0.4, 0.5) is 0 Å². The van der Waals surface area contributed by atoms with Gasteiger partial charge in [-0.2, -0.15) is 0 Å². The van der Waals surface area contributed by atoms with Gasteiger partial charge >= 0.3 is 0 Å². The van der Waals surface area contributed by atoms with Gasteiger partial charge in [0, 0.05) is 6.04 Å². The van der Waals surface area contributed by atoms with Crippen molar-refractivity contribution in [1.29, 1.82) is 0 Å². The number of rotatable bonds is 9. The highest BCUT2D eigenvalue weighted by atomic mass is 14.9. The van der Waals surface area contributed by atoms with Gasteiger partial charge in [-0.05, 0) is 51.1 Å². The molecule has 0 aliphatic heterocycles. The Labute approximate surface area is 114 Å². The molecule has 108 valence electrons. The molecule has 0 aromatic heterocycles. The summed E-state index contributed by atoms with van der Waals surface area (Å²) in [6.07, 6.45) is 13.9. The van der Waals surface area contributed by atoms with Crippen molar-refractivity contribution in [2.75, 3.05) is 13.6 Å². The van der Waals surface area contributed by atoms with E-state index < -0.39 is 0 Å². The standard InChI is InChI=1S/C16H34N2/c1-14(15-8-4-3-5-9-15)11-12-16(18-2)10-6-7-13-17/h14-16,18H,3-13,17H2,1-2H3/t14?,16-/m0/s1. The van der Waals surface area contributed by atoms with Crippen LogP contribution in [0, 0.1) is 11.8 Å². The lowest BCUT2D eigenvalue weighted by Gasteiger charge is -2.28. The maximum absolute atomic E-state index is 5.56. The van der Waals surface area contributed by atoms with E-state index >= 15 is 0 Å². The van der Waals surface area contributed by atoms with Crippen LogP contribution in [0.3, 0.4) is 0 Å². The van der Waals surface area contributed by atoms with Crippen LogP contribution in [0.5, 0.6) is 0 Å². The summed E-state index contributed by atoms with van der Waals surface area (Å²) in [6.45, 7) is 3.32. The van der Waals surface area contributed by atoms with Crippen LogP contribution < -0.4 is 11.1 Å². The second-order valence-corrected chi connectivity index (χ2v) is 6.22. The van der Waals surface area contributed by atoms with Gasteiger partial charge < -0.3 is 11.1 Å². The molecular formula is C16H34N2. The smallest absolute Gasteiger partial charge is 0.00641 e. The first kappa shape index (κ1) is 16.0. The van der Waals surface area contributed by atoms with Crippen molar-refractivity contribution >= 4 is 0 Å². The van der Waals surface area contributed by atoms with Gasteiger partial charge in [0.1, 0.15) is 0 Å². The van der Waals surface area contributed by atoms with E-state index in [1.54, 1.807) is 0 Å². The third kappa shape index (κ3) is 6.19. The zero-order chi connectivity index (χ0) is 13.2. The highest BCUT2D eigenvalue weighted by Crippen LogP contribution is 2.32. The van der Waals surface area contributed by atoms with E-state index in [-0.39, 0.29) is 0 Å². The van der Waals surface area contributed by atoms with Gasteiger partial charge in [-0.3, -0.25) is 0 Å². The molecule has 0 amide bonds. The summed E-state index contributed by atoms with van der Waals surface area (Å²) in [4.78, 5) is 0. The lowest BCUT2D eigenvalue weighted by atomic mass is 9.78. The first-order valence-electron chi connectivity index (χ1n) is 8.15. The second kappa shape index (κ2) is 9.80. The summed E-state index contributed by atoms with van der Waals surface area (Å²) in [5.41, 5.74) is 5.56. The van der Waals surface area contributed by atoms with Gasteiger partial charge in [0.2, 0.25) is 0 Å². The van der Waals surface area contributed by atoms with Crippen LogP contribution in [0.1, 0.15) is 71.1 Å². The van der Waals surface area contributed by atoms with E-state index in [0.717, 1.165) is 18.4 Å². The van der Waals surface area contributed by atoms with Gasteiger partial charge in [0.05, 0.1) is 0 Å². The Balaban J connectivity index is 2.15. The fraction of sp³-hybridized carbons (Fsp3) is 1.00. The molecule has 0 heterocycles. The van der Waals surface area contributed by atoms with Crippen LogP contribution in [0.2, 0.25) is 0 Å². The molecule has 2 heteroatoms. The van der Waals surface area contributed by atoms with Crippen LogP contribution in [0.15, 0.2) is 0 Å². The van der Waals surface area contributed by atoms with E-state index in [0.29, 0.717) is 6.04 Å². The molecule has 1 unspecified atom stereocenters. The molecule has 2 atom stereocenters. The predicted octanol–water partition coefficient (Wildman–Crippen LogP) is 3.70. The number of hydrogen-bond acceptors (Lipinski definition) is 2. The SMILES string of the molecule is CN[C@@H](CCCCN)CCC(C)C1CCCCC1. The van der Waals surface area contributed by atoms with Gasteiger partial charge in [-0.25, -0.2) is 0 Å². The maximum atomic E-state index is 5.56. The number of unbranched alkanes of at least 4 members (excludes halogenated alkanes) is 1. The third-order valence-corrected chi connectivity index (χ3v) is 4.84. The Morgan fingerprint density at radius 2 is 1.78 bits per heavy atom. The van der Waals surface area contributed by atoms with Gasteiger partial charge in [-0.1, -0.05) is 45.4 Å². The molecular weight excluding hydrogens is 220 g/mol. The van der Waals surface area contributed by atoms with Crippen LogP contribution in [-0.2, 0) is 0 Å². The van der Waals surface area contributed by atoms with Crippen LogP contribution >= 0.6 is 0 Å². The molecule has 0 saturated heterocycles. The summed E-state index contributed by atoms with van der Waals surface area (Å²) in [5, 5.41) is 3.48. The van der Waals surface area contributed by atoms with Gasteiger partial charge in [0.15, 0.2) is 0 Å². The topological polar surface area (TPSA) is 38.0 Å². The highest BCUT2D eigenvalue weighted by molar-refractivity contribution is 4.74. The summed E-state index contributed by atoms with van der Waals surface area (Å²) < 4.78 is 0. The minimum atomic E-state index is 0.711. The average molecular weight is 254 g/mol. The zero-order valence-electron chi connectivity index (χ0n) is 12.6.